The van der Waals surface area contributed by atoms with Gasteiger partial charge >= 0.3 is 0 Å². The van der Waals surface area contributed by atoms with E-state index in [4.69, 9.17) is 9.47 Å². The molecular weight excluding hydrogens is 204 g/mol. The Hall–Kier alpha value is -2.36. The minimum Gasteiger partial charge on any atom is -0.462 e. The average Bonchev–Trinajstić information content (AvgIpc) is 2.37. The highest BCUT2D eigenvalue weighted by Gasteiger charge is 1.88. The summed E-state index contributed by atoms with van der Waals surface area (Å²) >= 11 is 0. The molecule has 0 saturated carbocycles. The first-order valence-electron chi connectivity index (χ1n) is 4.73. The van der Waals surface area contributed by atoms with Crippen LogP contribution >= 0.6 is 0 Å². The highest BCUT2D eigenvalue weighted by Crippen LogP contribution is 2.09. The molecule has 2 aromatic heterocycles. The molecule has 0 unspecified atom stereocenters. The third kappa shape index (κ3) is 3.09. The van der Waals surface area contributed by atoms with Crippen molar-refractivity contribution in [1.82, 2.24) is 9.97 Å². The van der Waals surface area contributed by atoms with Gasteiger partial charge in [-0.25, -0.2) is 0 Å². The van der Waals surface area contributed by atoms with Crippen molar-refractivity contribution >= 4 is 0 Å². The zero-order valence-corrected chi connectivity index (χ0v) is 8.48. The van der Waals surface area contributed by atoms with Gasteiger partial charge in [-0.3, -0.25) is 9.97 Å². The zero-order chi connectivity index (χ0) is 11.1. The molecule has 2 rings (SSSR count). The van der Waals surface area contributed by atoms with E-state index in [0.29, 0.717) is 11.5 Å². The van der Waals surface area contributed by atoms with E-state index >= 15 is 0 Å². The van der Waals surface area contributed by atoms with Crippen molar-refractivity contribution in [2.75, 3.05) is 0 Å². The molecule has 0 aromatic carbocycles. The normalized spacial score (nSPS) is 10.2. The fourth-order valence-electron chi connectivity index (χ4n) is 1.05. The molecule has 0 aliphatic carbocycles. The van der Waals surface area contributed by atoms with E-state index in [0.717, 1.165) is 0 Å². The molecule has 0 saturated heterocycles. The van der Waals surface area contributed by atoms with Gasteiger partial charge in [0.15, 0.2) is 0 Å². The van der Waals surface area contributed by atoms with Crippen LogP contribution in [0, 0.1) is 0 Å². The van der Waals surface area contributed by atoms with Crippen molar-refractivity contribution < 1.29 is 9.47 Å². The topological polar surface area (TPSA) is 44.2 Å². The van der Waals surface area contributed by atoms with E-state index in [9.17, 15) is 0 Å². The predicted octanol–water partition coefficient (Wildman–Crippen LogP) is 2.41. The number of hydrogen-bond acceptors (Lipinski definition) is 4. The molecular formula is C12H10N2O2. The van der Waals surface area contributed by atoms with Gasteiger partial charge in [-0.1, -0.05) is 0 Å². The van der Waals surface area contributed by atoms with Crippen LogP contribution in [0.25, 0.3) is 0 Å². The minimum atomic E-state index is 0.713. The van der Waals surface area contributed by atoms with Crippen molar-refractivity contribution in [1.29, 1.82) is 0 Å². The van der Waals surface area contributed by atoms with Crippen molar-refractivity contribution in [3.63, 3.8) is 0 Å². The van der Waals surface area contributed by atoms with Crippen molar-refractivity contribution in [2.24, 2.45) is 0 Å². The van der Waals surface area contributed by atoms with Gasteiger partial charge in [-0.2, -0.15) is 0 Å². The van der Waals surface area contributed by atoms with Crippen molar-refractivity contribution in [3.8, 4) is 11.5 Å². The Labute approximate surface area is 93.2 Å². The van der Waals surface area contributed by atoms with Gasteiger partial charge in [-0.05, 0) is 24.3 Å². The molecule has 16 heavy (non-hydrogen) atoms. The molecule has 0 atom stereocenters. The third-order valence-electron chi connectivity index (χ3n) is 1.76. The second kappa shape index (κ2) is 5.50. The number of nitrogens with zero attached hydrogens (tertiary/aromatic N) is 2. The maximum atomic E-state index is 5.27. The first kappa shape index (κ1) is 10.2. The molecule has 0 N–H and O–H groups in total. The van der Waals surface area contributed by atoms with Crippen molar-refractivity contribution in [2.45, 2.75) is 0 Å². The molecule has 0 fully saturated rings. The van der Waals surface area contributed by atoms with Crippen LogP contribution in [0.3, 0.4) is 0 Å². The lowest BCUT2D eigenvalue weighted by Crippen LogP contribution is -1.86. The number of ether oxygens (including phenoxy) is 2. The minimum absolute atomic E-state index is 0.713. The summed E-state index contributed by atoms with van der Waals surface area (Å²) in [4.78, 5) is 7.76. The van der Waals surface area contributed by atoms with Gasteiger partial charge in [0.25, 0.3) is 0 Å². The molecule has 2 heterocycles. The van der Waals surface area contributed by atoms with Crippen molar-refractivity contribution in [3.05, 3.63) is 61.6 Å². The van der Waals surface area contributed by atoms with Gasteiger partial charge in [0.1, 0.15) is 24.0 Å². The molecule has 0 amide bonds. The summed E-state index contributed by atoms with van der Waals surface area (Å²) in [5, 5.41) is 0. The highest BCUT2D eigenvalue weighted by atomic mass is 16.5. The van der Waals surface area contributed by atoms with Gasteiger partial charge in [0.05, 0.1) is 0 Å². The molecule has 2 aromatic rings. The molecule has 4 heteroatoms. The quantitative estimate of drug-likeness (QED) is 0.733. The van der Waals surface area contributed by atoms with Crippen LogP contribution < -0.4 is 9.47 Å². The molecule has 0 aliphatic heterocycles. The smallest absolute Gasteiger partial charge is 0.129 e. The van der Waals surface area contributed by atoms with E-state index in [2.05, 4.69) is 9.97 Å². The SMILES string of the molecule is C(=COc1ccncc1)Oc1ccncc1. The second-order valence-electron chi connectivity index (χ2n) is 2.87. The van der Waals surface area contributed by atoms with Gasteiger partial charge < -0.3 is 9.47 Å². The first-order chi connectivity index (χ1) is 7.95. The van der Waals surface area contributed by atoms with Crippen LogP contribution in [-0.4, -0.2) is 9.97 Å². The Morgan fingerprint density at radius 3 is 1.44 bits per heavy atom. The molecule has 4 nitrogen and oxygen atoms in total. The summed E-state index contributed by atoms with van der Waals surface area (Å²) in [6.07, 6.45) is 9.57. The maximum Gasteiger partial charge on any atom is 0.129 e. The number of aromatic nitrogens is 2. The van der Waals surface area contributed by atoms with Crippen LogP contribution in [0.4, 0.5) is 0 Å². The fraction of sp³-hybridized carbons (Fsp3) is 0. The first-order valence-corrected chi connectivity index (χ1v) is 4.73. The van der Waals surface area contributed by atoms with Gasteiger partial charge in [-0.15, -0.1) is 0 Å². The van der Waals surface area contributed by atoms with Crippen LogP contribution in [0.1, 0.15) is 0 Å². The molecule has 0 spiro atoms. The van der Waals surface area contributed by atoms with Crippen LogP contribution in [0.5, 0.6) is 11.5 Å². The molecule has 0 aliphatic rings. The lowest BCUT2D eigenvalue weighted by Gasteiger charge is -1.99. The van der Waals surface area contributed by atoms with E-state index in [-0.39, 0.29) is 0 Å². The van der Waals surface area contributed by atoms with Crippen LogP contribution in [-0.2, 0) is 0 Å². The lowest BCUT2D eigenvalue weighted by molar-refractivity contribution is 0.421. The van der Waals surface area contributed by atoms with Crippen LogP contribution in [0.2, 0.25) is 0 Å². The molecule has 80 valence electrons. The highest BCUT2D eigenvalue weighted by molar-refractivity contribution is 5.19. The average molecular weight is 214 g/mol. The summed E-state index contributed by atoms with van der Waals surface area (Å²) in [6.45, 7) is 0. The summed E-state index contributed by atoms with van der Waals surface area (Å²) in [6, 6.07) is 7.04. The summed E-state index contributed by atoms with van der Waals surface area (Å²) in [7, 11) is 0. The fourth-order valence-corrected chi connectivity index (χ4v) is 1.05. The molecule has 0 radical (unpaired) electrons. The Morgan fingerprint density at radius 2 is 1.06 bits per heavy atom. The third-order valence-corrected chi connectivity index (χ3v) is 1.76. The summed E-state index contributed by atoms with van der Waals surface area (Å²) in [5.74, 6) is 1.43. The number of rotatable bonds is 4. The monoisotopic (exact) mass is 214 g/mol. The number of hydrogen-bond donors (Lipinski definition) is 0. The maximum absolute atomic E-state index is 5.27. The van der Waals surface area contributed by atoms with E-state index in [1.807, 2.05) is 0 Å². The van der Waals surface area contributed by atoms with Crippen LogP contribution in [0.15, 0.2) is 61.6 Å². The Bertz CT molecular complexity index is 400. The Morgan fingerprint density at radius 1 is 0.688 bits per heavy atom. The van der Waals surface area contributed by atoms with Gasteiger partial charge in [0, 0.05) is 24.8 Å². The van der Waals surface area contributed by atoms with Gasteiger partial charge in [0.2, 0.25) is 0 Å². The van der Waals surface area contributed by atoms with E-state index in [1.54, 1.807) is 49.1 Å². The molecule has 0 bridgehead atoms. The summed E-state index contributed by atoms with van der Waals surface area (Å²) in [5.41, 5.74) is 0. The largest absolute Gasteiger partial charge is 0.462 e. The standard InChI is InChI=1S/C12H10N2O2/c1-5-13-6-2-11(1)15-9-10-16-12-3-7-14-8-4-12/h1-10H. The number of pyridine rings is 2. The second-order valence-corrected chi connectivity index (χ2v) is 2.87. The Kier molecular flexibility index (Phi) is 3.50. The lowest BCUT2D eigenvalue weighted by atomic mass is 10.5. The predicted molar refractivity (Wildman–Crippen MR) is 58.9 cm³/mol. The van der Waals surface area contributed by atoms with E-state index in [1.165, 1.54) is 12.5 Å². The van der Waals surface area contributed by atoms with E-state index < -0.39 is 0 Å². The summed E-state index contributed by atoms with van der Waals surface area (Å²) < 4.78 is 10.5. The Balaban J connectivity index is 1.83. The zero-order valence-electron chi connectivity index (χ0n) is 8.48.